The van der Waals surface area contributed by atoms with Crippen LogP contribution in [0.15, 0.2) is 18.2 Å². The average Bonchev–Trinajstić information content (AvgIpc) is 2.93. The van der Waals surface area contributed by atoms with Crippen LogP contribution in [0, 0.1) is 0 Å². The molecule has 2 fully saturated rings. The molecule has 6 nitrogen and oxygen atoms in total. The number of likely N-dealkylation sites (tertiary alicyclic amines) is 1. The van der Waals surface area contributed by atoms with Gasteiger partial charge in [0.05, 0.1) is 10.0 Å². The molecular weight excluding hydrogens is 365 g/mol. The summed E-state index contributed by atoms with van der Waals surface area (Å²) in [5, 5.41) is 0.792. The maximum Gasteiger partial charge on any atom is 0.253 e. The van der Waals surface area contributed by atoms with Gasteiger partial charge in [-0.2, -0.15) is 0 Å². The second-order valence-corrected chi connectivity index (χ2v) is 7.02. The van der Waals surface area contributed by atoms with Crippen LogP contribution in [0.4, 0.5) is 0 Å². The summed E-state index contributed by atoms with van der Waals surface area (Å²) in [5.41, 5.74) is 0.524. The van der Waals surface area contributed by atoms with Gasteiger partial charge in [-0.15, -0.1) is 0 Å². The Labute approximate surface area is 156 Å². The van der Waals surface area contributed by atoms with Crippen LogP contribution in [0.1, 0.15) is 23.2 Å². The van der Waals surface area contributed by atoms with Crippen molar-refractivity contribution < 1.29 is 14.4 Å². The van der Waals surface area contributed by atoms with E-state index in [4.69, 9.17) is 23.2 Å². The van der Waals surface area contributed by atoms with Crippen molar-refractivity contribution in [2.75, 3.05) is 39.3 Å². The molecule has 0 aliphatic carbocycles. The Hall–Kier alpha value is -1.63. The summed E-state index contributed by atoms with van der Waals surface area (Å²) in [4.78, 5) is 41.1. The zero-order chi connectivity index (χ0) is 18.0. The molecule has 2 aliphatic rings. The number of nitrogens with zero attached hydrogens (tertiary/aromatic N) is 3. The number of carbonyl (C=O) groups is 3. The molecule has 1 aromatic carbocycles. The summed E-state index contributed by atoms with van der Waals surface area (Å²) in [6.45, 7) is 3.69. The van der Waals surface area contributed by atoms with Crippen LogP contribution in [0.2, 0.25) is 10.0 Å². The van der Waals surface area contributed by atoms with E-state index in [0.717, 1.165) is 0 Å². The van der Waals surface area contributed by atoms with Crippen molar-refractivity contribution in [2.24, 2.45) is 0 Å². The van der Waals surface area contributed by atoms with E-state index in [1.54, 1.807) is 23.1 Å². The Morgan fingerprint density at radius 1 is 0.920 bits per heavy atom. The minimum absolute atomic E-state index is 0.0666. The average molecular weight is 384 g/mol. The van der Waals surface area contributed by atoms with Crippen LogP contribution in [-0.4, -0.2) is 71.7 Å². The molecule has 0 atom stereocenters. The van der Waals surface area contributed by atoms with Crippen LogP contribution in [-0.2, 0) is 9.59 Å². The lowest BCUT2D eigenvalue weighted by Crippen LogP contribution is -2.50. The van der Waals surface area contributed by atoms with Gasteiger partial charge in [0.15, 0.2) is 0 Å². The smallest absolute Gasteiger partial charge is 0.253 e. The number of rotatable bonds is 4. The lowest BCUT2D eigenvalue weighted by atomic mass is 10.2. The maximum absolute atomic E-state index is 12.5. The largest absolute Gasteiger partial charge is 0.336 e. The van der Waals surface area contributed by atoms with Gasteiger partial charge < -0.3 is 4.90 Å². The summed E-state index contributed by atoms with van der Waals surface area (Å²) in [5.74, 6) is -0.236. The Kier molecular flexibility index (Phi) is 5.61. The van der Waals surface area contributed by atoms with Crippen LogP contribution in [0.5, 0.6) is 0 Å². The molecule has 25 heavy (non-hydrogen) atoms. The van der Waals surface area contributed by atoms with Crippen LogP contribution in [0.3, 0.4) is 0 Å². The second-order valence-electron chi connectivity index (χ2n) is 6.20. The predicted octanol–water partition coefficient (Wildman–Crippen LogP) is 1.90. The van der Waals surface area contributed by atoms with E-state index in [1.807, 2.05) is 0 Å². The fraction of sp³-hybridized carbons (Fsp3) is 0.471. The molecule has 8 heteroatoms. The molecule has 0 radical (unpaired) electrons. The molecule has 3 rings (SSSR count). The highest BCUT2D eigenvalue weighted by Crippen LogP contribution is 2.23. The Morgan fingerprint density at radius 2 is 1.56 bits per heavy atom. The third-order valence-electron chi connectivity index (χ3n) is 4.62. The second kappa shape index (κ2) is 7.72. The van der Waals surface area contributed by atoms with E-state index >= 15 is 0 Å². The number of hydrogen-bond acceptors (Lipinski definition) is 4. The van der Waals surface area contributed by atoms with Gasteiger partial charge in [0, 0.05) is 57.7 Å². The number of piperazine rings is 1. The van der Waals surface area contributed by atoms with Crippen molar-refractivity contribution in [1.82, 2.24) is 14.7 Å². The van der Waals surface area contributed by atoms with E-state index in [9.17, 15) is 14.4 Å². The van der Waals surface area contributed by atoms with Gasteiger partial charge in [-0.25, -0.2) is 0 Å². The first-order valence-electron chi connectivity index (χ1n) is 8.25. The van der Waals surface area contributed by atoms with Crippen LogP contribution >= 0.6 is 23.2 Å². The van der Waals surface area contributed by atoms with Gasteiger partial charge in [-0.3, -0.25) is 24.2 Å². The maximum atomic E-state index is 12.5. The highest BCUT2D eigenvalue weighted by atomic mass is 35.5. The molecule has 0 unspecified atom stereocenters. The molecule has 2 aliphatic heterocycles. The molecule has 134 valence electrons. The van der Waals surface area contributed by atoms with Gasteiger partial charge in [0.2, 0.25) is 11.8 Å². The highest BCUT2D eigenvalue weighted by Gasteiger charge is 2.29. The lowest BCUT2D eigenvalue weighted by molar-refractivity contribution is -0.138. The van der Waals surface area contributed by atoms with Crippen LogP contribution in [0.25, 0.3) is 0 Å². The molecule has 2 saturated heterocycles. The SMILES string of the molecule is O=C(c1ccc(Cl)c(Cl)c1)N1CCN(CCN2C(=O)CCC2=O)CC1. The van der Waals surface area contributed by atoms with Crippen molar-refractivity contribution in [2.45, 2.75) is 12.8 Å². The standard InChI is InChI=1S/C17H19Cl2N3O3/c18-13-2-1-12(11-14(13)19)17(25)21-8-5-20(6-9-21)7-10-22-15(23)3-4-16(22)24/h1-2,11H,3-10H2. The van der Waals surface area contributed by atoms with Crippen LogP contribution < -0.4 is 0 Å². The van der Waals surface area contributed by atoms with Gasteiger partial charge in [-0.05, 0) is 18.2 Å². The van der Waals surface area contributed by atoms with E-state index < -0.39 is 0 Å². The minimum Gasteiger partial charge on any atom is -0.336 e. The summed E-state index contributed by atoms with van der Waals surface area (Å²) in [6, 6.07) is 4.88. The number of imide groups is 1. The van der Waals surface area contributed by atoms with Gasteiger partial charge in [0.25, 0.3) is 5.91 Å². The first kappa shape index (κ1) is 18.2. The fourth-order valence-corrected chi connectivity index (χ4v) is 3.40. The van der Waals surface area contributed by atoms with E-state index in [2.05, 4.69) is 4.90 Å². The number of halogens is 2. The predicted molar refractivity (Wildman–Crippen MR) is 94.8 cm³/mol. The van der Waals surface area contributed by atoms with E-state index in [0.29, 0.717) is 67.7 Å². The molecule has 0 spiro atoms. The normalized spacial score (nSPS) is 19.0. The molecule has 3 amide bonds. The summed E-state index contributed by atoms with van der Waals surface area (Å²) in [7, 11) is 0. The number of hydrogen-bond donors (Lipinski definition) is 0. The summed E-state index contributed by atoms with van der Waals surface area (Å²) in [6.07, 6.45) is 0.648. The van der Waals surface area contributed by atoms with Crippen molar-refractivity contribution in [1.29, 1.82) is 0 Å². The number of benzene rings is 1. The first-order chi connectivity index (χ1) is 12.0. The molecular formula is C17H19Cl2N3O3. The van der Waals surface area contributed by atoms with Crippen molar-refractivity contribution >= 4 is 40.9 Å². The fourth-order valence-electron chi connectivity index (χ4n) is 3.10. The number of amides is 3. The number of carbonyl (C=O) groups excluding carboxylic acids is 3. The molecule has 0 aromatic heterocycles. The lowest BCUT2D eigenvalue weighted by Gasteiger charge is -2.35. The zero-order valence-corrected chi connectivity index (χ0v) is 15.2. The van der Waals surface area contributed by atoms with Crippen molar-refractivity contribution in [3.8, 4) is 0 Å². The Morgan fingerprint density at radius 3 is 2.16 bits per heavy atom. The molecule has 0 bridgehead atoms. The molecule has 1 aromatic rings. The summed E-state index contributed by atoms with van der Waals surface area (Å²) < 4.78 is 0. The monoisotopic (exact) mass is 383 g/mol. The topological polar surface area (TPSA) is 60.9 Å². The zero-order valence-electron chi connectivity index (χ0n) is 13.7. The third kappa shape index (κ3) is 4.14. The highest BCUT2D eigenvalue weighted by molar-refractivity contribution is 6.42. The van der Waals surface area contributed by atoms with E-state index in [1.165, 1.54) is 4.90 Å². The van der Waals surface area contributed by atoms with Crippen molar-refractivity contribution in [3.05, 3.63) is 33.8 Å². The minimum atomic E-state index is -0.0848. The van der Waals surface area contributed by atoms with Gasteiger partial charge in [-0.1, -0.05) is 23.2 Å². The Bertz CT molecular complexity index is 686. The Balaban J connectivity index is 1.49. The summed E-state index contributed by atoms with van der Waals surface area (Å²) >= 11 is 11.9. The molecule has 0 saturated carbocycles. The van der Waals surface area contributed by atoms with E-state index in [-0.39, 0.29) is 17.7 Å². The molecule has 2 heterocycles. The third-order valence-corrected chi connectivity index (χ3v) is 5.36. The quantitative estimate of drug-likeness (QED) is 0.744. The van der Waals surface area contributed by atoms with Gasteiger partial charge >= 0.3 is 0 Å². The molecule has 0 N–H and O–H groups in total. The van der Waals surface area contributed by atoms with Gasteiger partial charge in [0.1, 0.15) is 0 Å². The first-order valence-corrected chi connectivity index (χ1v) is 9.01. The van der Waals surface area contributed by atoms with Crippen molar-refractivity contribution in [3.63, 3.8) is 0 Å².